The number of hydrogen-bond donors (Lipinski definition) is 1. The first-order valence-corrected chi connectivity index (χ1v) is 10.3. The molecule has 0 saturated carbocycles. The van der Waals surface area contributed by atoms with E-state index < -0.39 is 6.04 Å². The summed E-state index contributed by atoms with van der Waals surface area (Å²) < 4.78 is 7.20. The Balaban J connectivity index is 1.49. The van der Waals surface area contributed by atoms with Crippen LogP contribution in [0.1, 0.15) is 47.2 Å². The predicted molar refractivity (Wildman–Crippen MR) is 114 cm³/mol. The van der Waals surface area contributed by atoms with Gasteiger partial charge in [0.1, 0.15) is 17.5 Å². The van der Waals surface area contributed by atoms with E-state index in [1.54, 1.807) is 27.8 Å². The fourth-order valence-corrected chi connectivity index (χ4v) is 3.72. The lowest BCUT2D eigenvalue weighted by atomic mass is 10.1. The number of nitrogens with zero attached hydrogens (tertiary/aromatic N) is 4. The Kier molecular flexibility index (Phi) is 5.97. The summed E-state index contributed by atoms with van der Waals surface area (Å²) in [6, 6.07) is 16.6. The molecule has 8 nitrogen and oxygen atoms in total. The van der Waals surface area contributed by atoms with Crippen molar-refractivity contribution in [3.05, 3.63) is 77.1 Å². The summed E-state index contributed by atoms with van der Waals surface area (Å²) >= 11 is 0. The van der Waals surface area contributed by atoms with E-state index in [9.17, 15) is 9.59 Å². The predicted octanol–water partition coefficient (Wildman–Crippen LogP) is 2.71. The van der Waals surface area contributed by atoms with Crippen LogP contribution in [0, 0.1) is 0 Å². The monoisotopic (exact) mass is 419 g/mol. The Hall–Kier alpha value is -3.68. The van der Waals surface area contributed by atoms with Crippen LogP contribution < -0.4 is 10.1 Å². The van der Waals surface area contributed by atoms with Crippen LogP contribution >= 0.6 is 0 Å². The Bertz CT molecular complexity index is 1080. The van der Waals surface area contributed by atoms with Gasteiger partial charge >= 0.3 is 0 Å². The van der Waals surface area contributed by atoms with Gasteiger partial charge in [-0.3, -0.25) is 9.59 Å². The molecule has 1 aliphatic heterocycles. The van der Waals surface area contributed by atoms with Gasteiger partial charge in [0.05, 0.1) is 31.0 Å². The molecule has 2 heterocycles. The number of rotatable bonds is 7. The van der Waals surface area contributed by atoms with E-state index in [-0.39, 0.29) is 18.4 Å². The van der Waals surface area contributed by atoms with E-state index in [4.69, 9.17) is 4.74 Å². The second-order valence-corrected chi connectivity index (χ2v) is 7.40. The fraction of sp³-hybridized carbons (Fsp3) is 0.304. The average Bonchev–Trinajstić information content (AvgIpc) is 3.20. The van der Waals surface area contributed by atoms with Crippen LogP contribution in [-0.2, 0) is 24.4 Å². The van der Waals surface area contributed by atoms with E-state index in [1.807, 2.05) is 50.2 Å². The van der Waals surface area contributed by atoms with Crippen molar-refractivity contribution in [1.29, 1.82) is 0 Å². The molecule has 31 heavy (non-hydrogen) atoms. The molecule has 0 saturated heterocycles. The minimum Gasteiger partial charge on any atom is -0.493 e. The number of benzene rings is 2. The van der Waals surface area contributed by atoms with E-state index >= 15 is 0 Å². The van der Waals surface area contributed by atoms with Crippen molar-refractivity contribution in [2.45, 2.75) is 39.5 Å². The number of ether oxygens (including phenoxy) is 1. The number of hydrogen-bond acceptors (Lipinski definition) is 5. The maximum Gasteiger partial charge on any atom is 0.255 e. The van der Waals surface area contributed by atoms with Gasteiger partial charge in [0.2, 0.25) is 5.91 Å². The third-order valence-corrected chi connectivity index (χ3v) is 5.31. The first kappa shape index (κ1) is 20.6. The lowest BCUT2D eigenvalue weighted by Gasteiger charge is -2.31. The molecule has 2 aromatic carbocycles. The van der Waals surface area contributed by atoms with Crippen molar-refractivity contribution in [3.8, 4) is 5.75 Å². The van der Waals surface area contributed by atoms with Crippen LogP contribution in [-0.4, -0.2) is 38.3 Å². The van der Waals surface area contributed by atoms with Gasteiger partial charge in [-0.15, -0.1) is 5.10 Å². The SMILES string of the molecule is CCOc1ccccc1C(=O)NCc1nnn2c1CN(Cc1ccccc1)C(=O)C2C. The highest BCUT2D eigenvalue weighted by Crippen LogP contribution is 2.25. The van der Waals surface area contributed by atoms with Crippen molar-refractivity contribution < 1.29 is 14.3 Å². The molecule has 0 aliphatic carbocycles. The molecule has 2 amide bonds. The number of fused-ring (bicyclic) bond motifs is 1. The summed E-state index contributed by atoms with van der Waals surface area (Å²) in [6.45, 7) is 5.30. The lowest BCUT2D eigenvalue weighted by molar-refractivity contribution is -0.138. The zero-order valence-electron chi connectivity index (χ0n) is 17.6. The van der Waals surface area contributed by atoms with Gasteiger partial charge in [0, 0.05) is 6.54 Å². The molecule has 8 heteroatoms. The van der Waals surface area contributed by atoms with Gasteiger partial charge in [-0.05, 0) is 31.5 Å². The third-order valence-electron chi connectivity index (χ3n) is 5.31. The largest absolute Gasteiger partial charge is 0.493 e. The van der Waals surface area contributed by atoms with Crippen LogP contribution in [0.5, 0.6) is 5.75 Å². The van der Waals surface area contributed by atoms with Crippen LogP contribution in [0.2, 0.25) is 0 Å². The van der Waals surface area contributed by atoms with E-state index in [2.05, 4.69) is 15.6 Å². The molecule has 0 radical (unpaired) electrons. The number of para-hydroxylation sites is 1. The van der Waals surface area contributed by atoms with E-state index in [1.165, 1.54) is 0 Å². The Morgan fingerprint density at radius 3 is 2.68 bits per heavy atom. The number of aromatic nitrogens is 3. The van der Waals surface area contributed by atoms with Gasteiger partial charge in [-0.25, -0.2) is 4.68 Å². The van der Waals surface area contributed by atoms with Crippen molar-refractivity contribution in [2.24, 2.45) is 0 Å². The summed E-state index contributed by atoms with van der Waals surface area (Å²) in [4.78, 5) is 27.3. The summed E-state index contributed by atoms with van der Waals surface area (Å²) in [6.07, 6.45) is 0. The van der Waals surface area contributed by atoms with E-state index in [0.29, 0.717) is 36.7 Å². The highest BCUT2D eigenvalue weighted by atomic mass is 16.5. The van der Waals surface area contributed by atoms with Crippen LogP contribution in [0.25, 0.3) is 0 Å². The molecule has 1 aliphatic rings. The highest BCUT2D eigenvalue weighted by Gasteiger charge is 2.33. The molecule has 0 bridgehead atoms. The zero-order chi connectivity index (χ0) is 21.8. The molecular weight excluding hydrogens is 394 g/mol. The number of carbonyl (C=O) groups excluding carboxylic acids is 2. The normalized spacial score (nSPS) is 15.5. The second-order valence-electron chi connectivity index (χ2n) is 7.40. The van der Waals surface area contributed by atoms with Crippen molar-refractivity contribution in [3.63, 3.8) is 0 Å². The summed E-state index contributed by atoms with van der Waals surface area (Å²) in [7, 11) is 0. The first-order chi connectivity index (χ1) is 15.1. The van der Waals surface area contributed by atoms with Crippen LogP contribution in [0.15, 0.2) is 54.6 Å². The van der Waals surface area contributed by atoms with Gasteiger partial charge in [-0.2, -0.15) is 0 Å². The number of nitrogens with one attached hydrogen (secondary N) is 1. The second kappa shape index (κ2) is 8.99. The minimum atomic E-state index is -0.442. The Morgan fingerprint density at radius 1 is 1.16 bits per heavy atom. The number of carbonyl (C=O) groups is 2. The zero-order valence-corrected chi connectivity index (χ0v) is 17.6. The standard InChI is InChI=1S/C23H25N5O3/c1-3-31-21-12-8-7-11-18(21)22(29)24-13-19-20-15-27(14-17-9-5-4-6-10-17)23(30)16(2)28(20)26-25-19/h4-12,16H,3,13-15H2,1-2H3,(H,24,29). The van der Waals surface area contributed by atoms with Gasteiger partial charge in [0.15, 0.2) is 0 Å². The molecule has 1 N–H and O–H groups in total. The highest BCUT2D eigenvalue weighted by molar-refractivity contribution is 5.96. The van der Waals surface area contributed by atoms with Gasteiger partial charge < -0.3 is 15.0 Å². The summed E-state index contributed by atoms with van der Waals surface area (Å²) in [5.41, 5.74) is 3.02. The minimum absolute atomic E-state index is 0.00230. The lowest BCUT2D eigenvalue weighted by Crippen LogP contribution is -2.41. The smallest absolute Gasteiger partial charge is 0.255 e. The van der Waals surface area contributed by atoms with E-state index in [0.717, 1.165) is 11.3 Å². The molecule has 0 fully saturated rings. The molecule has 1 aromatic heterocycles. The third kappa shape index (κ3) is 4.28. The average molecular weight is 419 g/mol. The molecule has 3 aromatic rings. The Labute approximate surface area is 180 Å². The first-order valence-electron chi connectivity index (χ1n) is 10.3. The summed E-state index contributed by atoms with van der Waals surface area (Å²) in [5.74, 6) is 0.301. The maximum absolute atomic E-state index is 12.8. The van der Waals surface area contributed by atoms with Crippen molar-refractivity contribution in [1.82, 2.24) is 25.2 Å². The Morgan fingerprint density at radius 2 is 1.90 bits per heavy atom. The van der Waals surface area contributed by atoms with Gasteiger partial charge in [-0.1, -0.05) is 47.7 Å². The molecule has 4 rings (SSSR count). The molecular formula is C23H25N5O3. The topological polar surface area (TPSA) is 89.3 Å². The quantitative estimate of drug-likeness (QED) is 0.636. The number of amides is 2. The molecule has 0 spiro atoms. The maximum atomic E-state index is 12.8. The molecule has 1 unspecified atom stereocenters. The molecule has 160 valence electrons. The van der Waals surface area contributed by atoms with Crippen LogP contribution in [0.3, 0.4) is 0 Å². The fourth-order valence-electron chi connectivity index (χ4n) is 3.72. The van der Waals surface area contributed by atoms with Gasteiger partial charge in [0.25, 0.3) is 5.91 Å². The van der Waals surface area contributed by atoms with Crippen molar-refractivity contribution >= 4 is 11.8 Å². The summed E-state index contributed by atoms with van der Waals surface area (Å²) in [5, 5.41) is 11.3. The van der Waals surface area contributed by atoms with Crippen molar-refractivity contribution in [2.75, 3.05) is 6.61 Å². The molecule has 1 atom stereocenters. The van der Waals surface area contributed by atoms with Crippen LogP contribution in [0.4, 0.5) is 0 Å².